The lowest BCUT2D eigenvalue weighted by molar-refractivity contribution is -0.140. The average Bonchev–Trinajstić information content (AvgIpc) is 1.04. The highest BCUT2D eigenvalue weighted by molar-refractivity contribution is 6.24. The molecule has 1 heterocycles. The number of aliphatic carboxylic acids is 5. The van der Waals surface area contributed by atoms with Crippen LogP contribution in [0.4, 0.5) is 0 Å². The van der Waals surface area contributed by atoms with Crippen LogP contribution >= 0.6 is 0 Å². The molecule has 0 bridgehead atoms. The number of rotatable bonds is 67. The first-order valence-electron chi connectivity index (χ1n) is 47.0. The van der Waals surface area contributed by atoms with Crippen LogP contribution in [0, 0.1) is 5.92 Å². The van der Waals surface area contributed by atoms with Crippen molar-refractivity contribution in [2.75, 3.05) is 32.7 Å². The third kappa shape index (κ3) is 38.1. The second-order valence-electron chi connectivity index (χ2n) is 34.7. The number of benzene rings is 5. The zero-order chi connectivity index (χ0) is 105. The maximum Gasteiger partial charge on any atom is 0.303 e. The molecule has 15 atom stereocenters. The Kier molecular flexibility index (Phi) is 48.2. The number of hydrogen-bond acceptors (Lipinski definition) is 28. The van der Waals surface area contributed by atoms with Gasteiger partial charge in [-0.2, -0.15) is 0 Å². The largest absolute Gasteiger partial charge is 0.508 e. The summed E-state index contributed by atoms with van der Waals surface area (Å²) in [6.07, 6.45) is -3.88. The van der Waals surface area contributed by atoms with Crippen molar-refractivity contribution in [3.63, 3.8) is 0 Å². The second-order valence-corrected chi connectivity index (χ2v) is 34.7. The lowest BCUT2D eigenvalue weighted by atomic mass is 9.93. The van der Waals surface area contributed by atoms with Crippen molar-refractivity contribution in [2.45, 2.75) is 273 Å². The number of hydrogen-bond donors (Lipinski definition) is 26. The predicted molar refractivity (Wildman–Crippen MR) is 513 cm³/mol. The minimum absolute atomic E-state index is 0.0237. The van der Waals surface area contributed by atoms with Gasteiger partial charge in [-0.1, -0.05) is 86.1 Å². The van der Waals surface area contributed by atoms with Crippen LogP contribution in [-0.4, -0.2) is 281 Å². The van der Waals surface area contributed by atoms with E-state index in [-0.39, 0.29) is 81.6 Å². The third-order valence-corrected chi connectivity index (χ3v) is 23.5. The van der Waals surface area contributed by atoms with Gasteiger partial charge in [0.15, 0.2) is 0 Å². The number of primary amides is 1. The number of carboxylic acids is 5. The first kappa shape index (κ1) is 116. The standard InChI is InChI=1S/C93H133N23O26/c1-5-49(2)79(113-91(140)67(34-40-76(127)128)109-90(139)66(33-39-75(125)126)108-89(138)65(32-38-74(123)124)104-81(130)50(3)98)93(142)112-68(45-52-21-27-57(117)28-22-52)83(132)100-47-71(118)102-63(30-36-72(119)120)88(137)111-69(46-56-48-116(115-114-56)70-35-26-55-24-23-53-15-14-16-54-25-29-58(70)78(55)77(53)54)92(141)110-64(31-37-73(121)122)84(133)101-51(4)82(131)105-60(18-7-11-42-95)86(135)107-62(20-9-13-44-97)87(136)106-61(19-8-12-43-96)85(134)103-59(80(99)129)17-6-10-41-94/h14-16,21-29,35,48-51,59-69,79,117H,5-13,17-20,30-34,36-47,94-98H2,1-4H3,(H2,99,129)(H,100,132)(H,101,133)(H,102,118)(H,103,134)(H,104,130)(H,105,131)(H,106,136)(H,107,135)(H,108,138)(H,109,139)(H,110,141)(H,111,137)(H,112,142)(H,113,140)(H,119,120)(H,121,122)(H,123,124)(H,125,126)(H,127,128)/t49-,50-,51-,59-,60-,61-,62-,63-,64-,65-,66-,67-,68-,69-,79-/m0/s1. The Bertz CT molecular complexity index is 5360. The van der Waals surface area contributed by atoms with Gasteiger partial charge in [0.25, 0.3) is 0 Å². The second kappa shape index (κ2) is 59.0. The number of phenols is 1. The van der Waals surface area contributed by atoms with Gasteiger partial charge < -0.3 is 139 Å². The zero-order valence-corrected chi connectivity index (χ0v) is 79.6. The molecule has 5 aromatic carbocycles. The van der Waals surface area contributed by atoms with Crippen molar-refractivity contribution >= 4 is 151 Å². The van der Waals surface area contributed by atoms with Crippen LogP contribution in [0.5, 0.6) is 5.75 Å². The van der Waals surface area contributed by atoms with E-state index in [1.807, 2.05) is 48.5 Å². The van der Waals surface area contributed by atoms with E-state index in [2.05, 4.69) is 84.7 Å². The van der Waals surface area contributed by atoms with Gasteiger partial charge in [-0.15, -0.1) is 5.10 Å². The van der Waals surface area contributed by atoms with Gasteiger partial charge in [-0.25, -0.2) is 4.68 Å². The Morgan fingerprint density at radius 3 is 1.12 bits per heavy atom. The molecule has 32 N–H and O–H groups in total. The summed E-state index contributed by atoms with van der Waals surface area (Å²) in [4.78, 5) is 273. The molecule has 142 heavy (non-hydrogen) atoms. The lowest BCUT2D eigenvalue weighted by Gasteiger charge is -2.29. The topological polar surface area (TPSA) is 818 Å². The molecule has 49 nitrogen and oxygen atoms in total. The maximum atomic E-state index is 15.3. The molecule has 0 aliphatic carbocycles. The summed E-state index contributed by atoms with van der Waals surface area (Å²) in [5, 5.41) is 107. The van der Waals surface area contributed by atoms with Crippen molar-refractivity contribution in [1.82, 2.24) is 89.4 Å². The van der Waals surface area contributed by atoms with Crippen LogP contribution < -0.4 is 109 Å². The molecule has 6 rings (SSSR count). The number of aromatic hydroxyl groups is 1. The molecule has 0 aliphatic rings. The van der Waals surface area contributed by atoms with Crippen molar-refractivity contribution in [3.05, 3.63) is 96.3 Å². The van der Waals surface area contributed by atoms with Crippen molar-refractivity contribution < 1.29 is 127 Å². The highest BCUT2D eigenvalue weighted by atomic mass is 16.4. The van der Waals surface area contributed by atoms with Crippen LogP contribution in [0.15, 0.2) is 85.1 Å². The SMILES string of the molecule is CC[C@H](C)[C@H](NC(=O)[C@H](CCC(=O)O)NC(=O)[C@H](CCC(=O)O)NC(=O)[C@H](CCC(=O)O)NC(=O)[C@H](C)N)C(=O)N[C@@H](Cc1ccc(O)cc1)C(=O)NCC(=O)N[C@@H](CCC(=O)O)C(=O)N[C@@H](Cc1cn(-c2ccc3ccc4cccc5ccc2c3c45)nn1)C(=O)N[C@@H](CCC(=O)O)C(=O)N[C@@H](C)C(=O)N[C@@H](CCCCN)C(=O)N[C@@H](CCCCN)C(=O)N[C@@H](CCCCN)C(=O)N[C@@H](CCCCN)C(N)=O. The quantitative estimate of drug-likeness (QED) is 0.0132. The van der Waals surface area contributed by atoms with E-state index in [0.29, 0.717) is 56.1 Å². The first-order valence-corrected chi connectivity index (χ1v) is 47.0. The summed E-state index contributed by atoms with van der Waals surface area (Å²) in [5.74, 6) is -24.6. The van der Waals surface area contributed by atoms with E-state index in [1.165, 1.54) is 55.9 Å². The zero-order valence-electron chi connectivity index (χ0n) is 79.6. The molecular weight excluding hydrogens is 1860 g/mol. The van der Waals surface area contributed by atoms with E-state index in [1.54, 1.807) is 13.0 Å². The molecular formula is C93H133N23O26. The highest BCUT2D eigenvalue weighted by Crippen LogP contribution is 2.37. The average molecular weight is 1990 g/mol. The summed E-state index contributed by atoms with van der Waals surface area (Å²) in [5.41, 5.74) is 35.1. The maximum absolute atomic E-state index is 15.3. The molecule has 0 unspecified atom stereocenters. The number of nitrogens with two attached hydrogens (primary N) is 6. The van der Waals surface area contributed by atoms with Crippen LogP contribution in [-0.2, 0) is 109 Å². The Morgan fingerprint density at radius 2 is 0.704 bits per heavy atom. The molecule has 1 aromatic heterocycles. The third-order valence-electron chi connectivity index (χ3n) is 23.5. The Labute approximate surface area is 816 Å². The van der Waals surface area contributed by atoms with Crippen LogP contribution in [0.3, 0.4) is 0 Å². The molecule has 6 aromatic rings. The Balaban J connectivity index is 1.30. The number of nitrogens with one attached hydrogen (secondary N) is 14. The van der Waals surface area contributed by atoms with E-state index in [0.717, 1.165) is 26.9 Å². The number of phenolic OH excluding ortho intramolecular Hbond substituents is 1. The molecule has 15 amide bonds. The molecule has 776 valence electrons. The minimum Gasteiger partial charge on any atom is -0.508 e. The lowest BCUT2D eigenvalue weighted by Crippen LogP contribution is -2.61. The molecule has 0 spiro atoms. The Hall–Kier alpha value is -14.7. The predicted octanol–water partition coefficient (Wildman–Crippen LogP) is -3.19. The van der Waals surface area contributed by atoms with E-state index in [9.17, 15) is 117 Å². The van der Waals surface area contributed by atoms with Gasteiger partial charge in [-0.3, -0.25) is 95.9 Å². The van der Waals surface area contributed by atoms with Gasteiger partial charge in [0, 0.05) is 50.3 Å². The van der Waals surface area contributed by atoms with Crippen molar-refractivity contribution in [3.8, 4) is 11.4 Å². The van der Waals surface area contributed by atoms with E-state index >= 15 is 9.59 Å². The van der Waals surface area contributed by atoms with Gasteiger partial charge in [-0.05, 0) is 206 Å². The fourth-order valence-corrected chi connectivity index (χ4v) is 15.3. The number of carbonyl (C=O) groups excluding carboxylic acids is 15. The monoisotopic (exact) mass is 1990 g/mol. The van der Waals surface area contributed by atoms with Crippen LogP contribution in [0.1, 0.15) is 187 Å². The first-order chi connectivity index (χ1) is 67.5. The number of unbranched alkanes of at least 4 members (excludes halogenated alkanes) is 4. The van der Waals surface area contributed by atoms with Crippen molar-refractivity contribution in [1.29, 1.82) is 0 Å². The molecule has 0 saturated carbocycles. The molecule has 49 heteroatoms. The summed E-state index contributed by atoms with van der Waals surface area (Å²) in [6, 6.07) is -0.299. The van der Waals surface area contributed by atoms with E-state index in [4.69, 9.17) is 34.4 Å². The summed E-state index contributed by atoms with van der Waals surface area (Å²) >= 11 is 0. The number of nitrogens with zero attached hydrogens (tertiary/aromatic N) is 3. The fourth-order valence-electron chi connectivity index (χ4n) is 15.3. The molecule has 0 radical (unpaired) electrons. The van der Waals surface area contributed by atoms with Gasteiger partial charge in [0.1, 0.15) is 84.3 Å². The van der Waals surface area contributed by atoms with Gasteiger partial charge >= 0.3 is 29.8 Å². The highest BCUT2D eigenvalue weighted by Gasteiger charge is 2.40. The smallest absolute Gasteiger partial charge is 0.303 e. The molecule has 0 fully saturated rings. The summed E-state index contributed by atoms with van der Waals surface area (Å²) < 4.78 is 1.39. The molecule has 0 aliphatic heterocycles. The van der Waals surface area contributed by atoms with Crippen LogP contribution in [0.2, 0.25) is 0 Å². The summed E-state index contributed by atoms with van der Waals surface area (Å²) in [6.45, 7) is 5.33. The van der Waals surface area contributed by atoms with E-state index < -0.39 is 293 Å². The minimum atomic E-state index is -1.94. The fraction of sp³-hybridized carbons (Fsp3) is 0.527. The van der Waals surface area contributed by atoms with Crippen molar-refractivity contribution in [2.24, 2.45) is 40.3 Å². The Morgan fingerprint density at radius 1 is 0.359 bits per heavy atom. The van der Waals surface area contributed by atoms with Gasteiger partial charge in [0.2, 0.25) is 88.6 Å². The number of carbonyl (C=O) groups is 20. The normalized spacial score (nSPS) is 14.4. The number of aromatic nitrogens is 3. The van der Waals surface area contributed by atoms with Crippen LogP contribution in [0.25, 0.3) is 38.0 Å². The number of amides is 15. The van der Waals surface area contributed by atoms with Gasteiger partial charge in [0.05, 0.1) is 30.2 Å². The summed E-state index contributed by atoms with van der Waals surface area (Å²) in [7, 11) is 0. The number of carboxylic acid groups (broad SMARTS) is 5. The molecule has 0 saturated heterocycles.